The second-order valence-corrected chi connectivity index (χ2v) is 9.60. The third-order valence-corrected chi connectivity index (χ3v) is 4.59. The van der Waals surface area contributed by atoms with E-state index >= 15 is 0 Å². The fourth-order valence-corrected chi connectivity index (χ4v) is 2.74. The second-order valence-electron chi connectivity index (χ2n) is 9.60. The summed E-state index contributed by atoms with van der Waals surface area (Å²) >= 11 is 0. The number of ether oxygens (including phenoxy) is 2. The quantitative estimate of drug-likeness (QED) is 0.190. The molecule has 9 nitrogen and oxygen atoms in total. The Morgan fingerprint density at radius 1 is 0.971 bits per heavy atom. The highest BCUT2D eigenvalue weighted by Crippen LogP contribution is 2.30. The number of nitrogens with one attached hydrogen (secondary N) is 1. The summed E-state index contributed by atoms with van der Waals surface area (Å²) in [4.78, 5) is 47.7. The first-order chi connectivity index (χ1) is 15.6. The van der Waals surface area contributed by atoms with Crippen molar-refractivity contribution in [3.05, 3.63) is 70.3 Å². The van der Waals surface area contributed by atoms with Crippen LogP contribution in [0, 0.1) is 15.5 Å². The molecule has 0 aliphatic rings. The maximum atomic E-state index is 12.5. The van der Waals surface area contributed by atoms with E-state index in [0.717, 1.165) is 0 Å². The number of esters is 2. The number of nitrogens with zero attached hydrogens (tertiary/aromatic N) is 1. The lowest BCUT2D eigenvalue weighted by Gasteiger charge is -2.20. The number of benzene rings is 2. The number of carbonyl (C=O) groups excluding carboxylic acids is 3. The molecule has 0 bridgehead atoms. The number of carbonyl (C=O) groups is 3. The number of anilines is 1. The van der Waals surface area contributed by atoms with E-state index in [2.05, 4.69) is 11.9 Å². The fraction of sp³-hybridized carbons (Fsp3) is 0.320. The van der Waals surface area contributed by atoms with Gasteiger partial charge in [-0.1, -0.05) is 45.5 Å². The van der Waals surface area contributed by atoms with Gasteiger partial charge in [-0.3, -0.25) is 15.4 Å². The summed E-state index contributed by atoms with van der Waals surface area (Å²) < 4.78 is 10.0. The lowest BCUT2D eigenvalue weighted by Crippen LogP contribution is -2.27. The van der Waals surface area contributed by atoms with Crippen LogP contribution in [0.3, 0.4) is 0 Å². The molecule has 0 aliphatic heterocycles. The van der Waals surface area contributed by atoms with Gasteiger partial charge in [-0.2, -0.15) is 0 Å². The summed E-state index contributed by atoms with van der Waals surface area (Å²) in [6.07, 6.45) is -0.643. The summed E-state index contributed by atoms with van der Waals surface area (Å²) in [7, 11) is 0. The van der Waals surface area contributed by atoms with E-state index < -0.39 is 39.7 Å². The molecule has 2 aromatic rings. The Labute approximate surface area is 197 Å². The first-order valence-corrected chi connectivity index (χ1v) is 10.4. The van der Waals surface area contributed by atoms with Crippen molar-refractivity contribution in [2.24, 2.45) is 5.41 Å². The molecule has 9 heteroatoms. The Kier molecular flexibility index (Phi) is 7.61. The van der Waals surface area contributed by atoms with Crippen LogP contribution in [-0.2, 0) is 14.3 Å². The lowest BCUT2D eigenvalue weighted by atomic mass is 9.88. The van der Waals surface area contributed by atoms with Gasteiger partial charge in [-0.05, 0) is 55.5 Å². The van der Waals surface area contributed by atoms with Gasteiger partial charge in [-0.15, -0.1) is 0 Å². The average Bonchev–Trinajstić information content (AvgIpc) is 2.70. The molecular formula is C25H28N2O7. The van der Waals surface area contributed by atoms with Crippen LogP contribution in [0.2, 0.25) is 0 Å². The molecule has 0 unspecified atom stereocenters. The molecule has 1 amide bonds. The van der Waals surface area contributed by atoms with Crippen molar-refractivity contribution >= 4 is 29.4 Å². The maximum Gasteiger partial charge on any atom is 0.412 e. The van der Waals surface area contributed by atoms with Crippen molar-refractivity contribution in [2.45, 2.75) is 47.1 Å². The van der Waals surface area contributed by atoms with Gasteiger partial charge in [0.15, 0.2) is 0 Å². The zero-order valence-electron chi connectivity index (χ0n) is 20.1. The van der Waals surface area contributed by atoms with Crippen LogP contribution in [0.15, 0.2) is 54.6 Å². The predicted octanol–water partition coefficient (Wildman–Crippen LogP) is 5.89. The van der Waals surface area contributed by atoms with Crippen LogP contribution in [0.1, 0.15) is 51.9 Å². The van der Waals surface area contributed by atoms with E-state index in [9.17, 15) is 24.5 Å². The standard InChI is InChI=1S/C25H28N2O7/c1-15(24(2,3)4)21(28)33-22(29)19-12-11-17(14-20(19)27(31)32)16-9-8-10-18(13-16)26-23(30)34-25(5,6)7/h8-14H,1H2,2-7H3,(H,26,30). The van der Waals surface area contributed by atoms with Gasteiger partial charge >= 0.3 is 18.0 Å². The van der Waals surface area contributed by atoms with Gasteiger partial charge in [0.1, 0.15) is 11.2 Å². The highest BCUT2D eigenvalue weighted by Gasteiger charge is 2.29. The Balaban J connectivity index is 2.32. The summed E-state index contributed by atoms with van der Waals surface area (Å²) in [5, 5.41) is 14.3. The number of nitro benzene ring substituents is 1. The molecule has 0 fully saturated rings. The molecule has 2 rings (SSSR count). The number of amides is 1. The van der Waals surface area contributed by atoms with Crippen LogP contribution in [0.25, 0.3) is 11.1 Å². The zero-order chi connectivity index (χ0) is 25.8. The molecule has 2 aromatic carbocycles. The van der Waals surface area contributed by atoms with Gasteiger partial charge < -0.3 is 9.47 Å². The first kappa shape index (κ1) is 26.2. The summed E-state index contributed by atoms with van der Waals surface area (Å²) in [6.45, 7) is 14.0. The monoisotopic (exact) mass is 468 g/mol. The number of hydrogen-bond acceptors (Lipinski definition) is 7. The molecule has 0 radical (unpaired) electrons. The normalized spacial score (nSPS) is 11.4. The largest absolute Gasteiger partial charge is 0.444 e. The number of rotatable bonds is 5. The van der Waals surface area contributed by atoms with E-state index in [4.69, 9.17) is 9.47 Å². The summed E-state index contributed by atoms with van der Waals surface area (Å²) in [6, 6.07) is 10.5. The topological polar surface area (TPSA) is 125 Å². The van der Waals surface area contributed by atoms with Crippen molar-refractivity contribution < 1.29 is 28.8 Å². The maximum absolute atomic E-state index is 12.5. The molecular weight excluding hydrogens is 440 g/mol. The Bertz CT molecular complexity index is 1150. The minimum atomic E-state index is -1.14. The summed E-state index contributed by atoms with van der Waals surface area (Å²) in [5.41, 5.74) is -0.748. The zero-order valence-corrected chi connectivity index (χ0v) is 20.1. The fourth-order valence-electron chi connectivity index (χ4n) is 2.74. The molecule has 0 spiro atoms. The van der Waals surface area contributed by atoms with Crippen molar-refractivity contribution in [1.82, 2.24) is 0 Å². The molecule has 0 saturated carbocycles. The lowest BCUT2D eigenvalue weighted by molar-refractivity contribution is -0.385. The SMILES string of the molecule is C=C(C(=O)OC(=O)c1ccc(-c2cccc(NC(=O)OC(C)(C)C)c2)cc1[N+](=O)[O-])C(C)(C)C. The Morgan fingerprint density at radius 2 is 1.59 bits per heavy atom. The molecule has 34 heavy (non-hydrogen) atoms. The van der Waals surface area contributed by atoms with Gasteiger partial charge in [0, 0.05) is 17.3 Å². The average molecular weight is 469 g/mol. The molecule has 0 saturated heterocycles. The van der Waals surface area contributed by atoms with Crippen LogP contribution in [0.4, 0.5) is 16.2 Å². The second kappa shape index (κ2) is 9.86. The van der Waals surface area contributed by atoms with Crippen LogP contribution < -0.4 is 5.32 Å². The highest BCUT2D eigenvalue weighted by molar-refractivity contribution is 6.04. The smallest absolute Gasteiger partial charge is 0.412 e. The first-order valence-electron chi connectivity index (χ1n) is 10.4. The summed E-state index contributed by atoms with van der Waals surface area (Å²) in [5.74, 6) is -2.09. The van der Waals surface area contributed by atoms with Crippen LogP contribution in [-0.4, -0.2) is 28.6 Å². The minimum absolute atomic E-state index is 0.0643. The Hall–Kier alpha value is -4.01. The van der Waals surface area contributed by atoms with E-state index in [1.807, 2.05) is 0 Å². The number of nitro groups is 1. The molecule has 0 aromatic heterocycles. The molecule has 1 N–H and O–H groups in total. The van der Waals surface area contributed by atoms with Crippen molar-refractivity contribution in [2.75, 3.05) is 5.32 Å². The van der Waals surface area contributed by atoms with Crippen molar-refractivity contribution in [3.8, 4) is 11.1 Å². The van der Waals surface area contributed by atoms with Crippen molar-refractivity contribution in [1.29, 1.82) is 0 Å². The molecule has 0 atom stereocenters. The molecule has 0 aliphatic carbocycles. The minimum Gasteiger partial charge on any atom is -0.444 e. The van der Waals surface area contributed by atoms with Crippen LogP contribution >= 0.6 is 0 Å². The Morgan fingerprint density at radius 3 is 2.15 bits per heavy atom. The molecule has 180 valence electrons. The van der Waals surface area contributed by atoms with Gasteiger partial charge in [0.2, 0.25) is 0 Å². The van der Waals surface area contributed by atoms with E-state index in [0.29, 0.717) is 16.8 Å². The third-order valence-electron chi connectivity index (χ3n) is 4.59. The van der Waals surface area contributed by atoms with E-state index in [-0.39, 0.29) is 11.1 Å². The van der Waals surface area contributed by atoms with Crippen molar-refractivity contribution in [3.63, 3.8) is 0 Å². The third kappa shape index (κ3) is 6.99. The van der Waals surface area contributed by atoms with Crippen LogP contribution in [0.5, 0.6) is 0 Å². The van der Waals surface area contributed by atoms with Gasteiger partial charge in [0.25, 0.3) is 5.69 Å². The van der Waals surface area contributed by atoms with Gasteiger partial charge in [0.05, 0.1) is 4.92 Å². The van der Waals surface area contributed by atoms with Gasteiger partial charge in [-0.25, -0.2) is 14.4 Å². The molecule has 0 heterocycles. The van der Waals surface area contributed by atoms with E-state index in [1.54, 1.807) is 65.8 Å². The van der Waals surface area contributed by atoms with E-state index in [1.165, 1.54) is 18.2 Å². The predicted molar refractivity (Wildman–Crippen MR) is 127 cm³/mol. The highest BCUT2D eigenvalue weighted by atomic mass is 16.6. The number of hydrogen-bond donors (Lipinski definition) is 1.